The van der Waals surface area contributed by atoms with E-state index >= 15 is 0 Å². The van der Waals surface area contributed by atoms with Crippen molar-refractivity contribution in [3.63, 3.8) is 0 Å². The van der Waals surface area contributed by atoms with Gasteiger partial charge in [-0.3, -0.25) is 9.78 Å². The molecule has 2 aromatic heterocycles. The Morgan fingerprint density at radius 3 is 2.76 bits per heavy atom. The highest BCUT2D eigenvalue weighted by Gasteiger charge is 2.07. The van der Waals surface area contributed by atoms with Crippen molar-refractivity contribution < 1.29 is 4.79 Å². The first-order valence-corrected chi connectivity index (χ1v) is 6.84. The van der Waals surface area contributed by atoms with Crippen LogP contribution in [-0.2, 0) is 6.54 Å². The third-order valence-electron chi connectivity index (χ3n) is 3.15. The van der Waals surface area contributed by atoms with Gasteiger partial charge in [0.15, 0.2) is 0 Å². The van der Waals surface area contributed by atoms with Crippen molar-refractivity contribution in [2.75, 3.05) is 0 Å². The van der Waals surface area contributed by atoms with Crippen LogP contribution in [0.2, 0.25) is 5.15 Å². The van der Waals surface area contributed by atoms with E-state index in [1.54, 1.807) is 18.3 Å². The number of hydrogen-bond donors (Lipinski definition) is 1. The van der Waals surface area contributed by atoms with E-state index in [1.165, 1.54) is 6.20 Å². The van der Waals surface area contributed by atoms with Gasteiger partial charge in [0, 0.05) is 24.3 Å². The number of hydrogen-bond acceptors (Lipinski definition) is 3. The average Bonchev–Trinajstić information content (AvgIpc) is 2.53. The molecule has 1 aromatic carbocycles. The average molecular weight is 298 g/mol. The zero-order valence-electron chi connectivity index (χ0n) is 11.1. The molecule has 0 saturated heterocycles. The summed E-state index contributed by atoms with van der Waals surface area (Å²) in [6.45, 7) is 0.413. The number of nitrogens with zero attached hydrogens (tertiary/aromatic N) is 2. The van der Waals surface area contributed by atoms with Crippen LogP contribution in [0.3, 0.4) is 0 Å². The number of aromatic nitrogens is 2. The van der Waals surface area contributed by atoms with Crippen molar-refractivity contribution >= 4 is 28.4 Å². The minimum absolute atomic E-state index is 0.188. The fourth-order valence-corrected chi connectivity index (χ4v) is 2.21. The van der Waals surface area contributed by atoms with Gasteiger partial charge in [0.1, 0.15) is 5.15 Å². The van der Waals surface area contributed by atoms with Crippen LogP contribution in [0, 0.1) is 0 Å². The standard InChI is InChI=1S/C16H12ClN3O/c17-14-7-6-13(10-19-14)16(21)20-9-12-4-1-3-11-5-2-8-18-15(11)12/h1-8,10H,9H2,(H,20,21). The smallest absolute Gasteiger partial charge is 0.253 e. The summed E-state index contributed by atoms with van der Waals surface area (Å²) in [4.78, 5) is 20.3. The Hall–Kier alpha value is -2.46. The number of fused-ring (bicyclic) bond motifs is 1. The topological polar surface area (TPSA) is 54.9 Å². The minimum Gasteiger partial charge on any atom is -0.348 e. The molecule has 3 aromatic rings. The summed E-state index contributed by atoms with van der Waals surface area (Å²) in [6.07, 6.45) is 3.20. The van der Waals surface area contributed by atoms with Crippen molar-refractivity contribution in [3.05, 3.63) is 71.1 Å². The molecule has 4 nitrogen and oxygen atoms in total. The van der Waals surface area contributed by atoms with E-state index in [2.05, 4.69) is 15.3 Å². The van der Waals surface area contributed by atoms with E-state index in [4.69, 9.17) is 11.6 Å². The quantitative estimate of drug-likeness (QED) is 0.755. The number of rotatable bonds is 3. The van der Waals surface area contributed by atoms with Crippen LogP contribution < -0.4 is 5.32 Å². The highest BCUT2D eigenvalue weighted by Crippen LogP contribution is 2.15. The largest absolute Gasteiger partial charge is 0.348 e. The van der Waals surface area contributed by atoms with E-state index < -0.39 is 0 Å². The maximum absolute atomic E-state index is 12.1. The second-order valence-electron chi connectivity index (χ2n) is 4.54. The molecule has 0 bridgehead atoms. The summed E-state index contributed by atoms with van der Waals surface area (Å²) in [5.74, 6) is -0.188. The van der Waals surface area contributed by atoms with Crippen molar-refractivity contribution in [1.29, 1.82) is 0 Å². The Kier molecular flexibility index (Phi) is 3.79. The molecule has 2 heterocycles. The molecule has 0 unspecified atom stereocenters. The number of benzene rings is 1. The molecule has 0 aliphatic carbocycles. The lowest BCUT2D eigenvalue weighted by molar-refractivity contribution is 0.0950. The summed E-state index contributed by atoms with van der Waals surface area (Å²) >= 11 is 5.70. The van der Waals surface area contributed by atoms with Crippen molar-refractivity contribution in [2.24, 2.45) is 0 Å². The molecule has 5 heteroatoms. The molecule has 0 radical (unpaired) electrons. The number of nitrogens with one attached hydrogen (secondary N) is 1. The maximum atomic E-state index is 12.1. The minimum atomic E-state index is -0.188. The first-order chi connectivity index (χ1) is 10.2. The molecule has 0 spiro atoms. The number of halogens is 1. The van der Waals surface area contributed by atoms with Gasteiger partial charge < -0.3 is 5.32 Å². The highest BCUT2D eigenvalue weighted by molar-refractivity contribution is 6.29. The Morgan fingerprint density at radius 2 is 1.95 bits per heavy atom. The van der Waals surface area contributed by atoms with E-state index in [1.807, 2.05) is 30.3 Å². The third-order valence-corrected chi connectivity index (χ3v) is 3.37. The van der Waals surface area contributed by atoms with Gasteiger partial charge in [0.2, 0.25) is 0 Å². The van der Waals surface area contributed by atoms with Crippen LogP contribution >= 0.6 is 11.6 Å². The van der Waals surface area contributed by atoms with E-state index in [0.29, 0.717) is 17.3 Å². The summed E-state index contributed by atoms with van der Waals surface area (Å²) in [5, 5.41) is 4.28. The van der Waals surface area contributed by atoms with Crippen LogP contribution in [0.25, 0.3) is 10.9 Å². The summed E-state index contributed by atoms with van der Waals surface area (Å²) in [7, 11) is 0. The monoisotopic (exact) mass is 297 g/mol. The van der Waals surface area contributed by atoms with Crippen LogP contribution in [0.1, 0.15) is 15.9 Å². The lowest BCUT2D eigenvalue weighted by atomic mass is 10.1. The predicted octanol–water partition coefficient (Wildman–Crippen LogP) is 3.21. The maximum Gasteiger partial charge on any atom is 0.253 e. The van der Waals surface area contributed by atoms with E-state index in [-0.39, 0.29) is 5.91 Å². The second kappa shape index (κ2) is 5.89. The highest BCUT2D eigenvalue weighted by atomic mass is 35.5. The van der Waals surface area contributed by atoms with Gasteiger partial charge in [-0.05, 0) is 23.8 Å². The van der Waals surface area contributed by atoms with Gasteiger partial charge in [-0.25, -0.2) is 4.98 Å². The number of pyridine rings is 2. The molecule has 1 N–H and O–H groups in total. The summed E-state index contributed by atoms with van der Waals surface area (Å²) in [5.41, 5.74) is 2.35. The van der Waals surface area contributed by atoms with Gasteiger partial charge in [0.25, 0.3) is 5.91 Å². The molecule has 104 valence electrons. The number of para-hydroxylation sites is 1. The predicted molar refractivity (Wildman–Crippen MR) is 82.2 cm³/mol. The molecule has 0 fully saturated rings. The third kappa shape index (κ3) is 3.01. The van der Waals surface area contributed by atoms with Gasteiger partial charge in [0.05, 0.1) is 11.1 Å². The molecule has 0 saturated carbocycles. The Bertz CT molecular complexity index is 782. The lowest BCUT2D eigenvalue weighted by Crippen LogP contribution is -2.23. The van der Waals surface area contributed by atoms with Crippen molar-refractivity contribution in [3.8, 4) is 0 Å². The lowest BCUT2D eigenvalue weighted by Gasteiger charge is -2.07. The Balaban J connectivity index is 1.77. The van der Waals surface area contributed by atoms with Gasteiger partial charge in [-0.2, -0.15) is 0 Å². The SMILES string of the molecule is O=C(NCc1cccc2cccnc12)c1ccc(Cl)nc1. The molecular weight excluding hydrogens is 286 g/mol. The summed E-state index contributed by atoms with van der Waals surface area (Å²) in [6, 6.07) is 13.0. The Labute approximate surface area is 126 Å². The molecular formula is C16H12ClN3O. The molecule has 0 aliphatic rings. The zero-order valence-corrected chi connectivity index (χ0v) is 11.8. The molecule has 0 aliphatic heterocycles. The van der Waals surface area contributed by atoms with Crippen LogP contribution in [0.5, 0.6) is 0 Å². The zero-order chi connectivity index (χ0) is 14.7. The number of carbonyl (C=O) groups is 1. The normalized spacial score (nSPS) is 10.5. The first kappa shape index (κ1) is 13.5. The van der Waals surface area contributed by atoms with Crippen LogP contribution in [0.15, 0.2) is 54.9 Å². The Morgan fingerprint density at radius 1 is 1.10 bits per heavy atom. The van der Waals surface area contributed by atoms with Crippen molar-refractivity contribution in [1.82, 2.24) is 15.3 Å². The number of carbonyl (C=O) groups excluding carboxylic acids is 1. The number of amides is 1. The van der Waals surface area contributed by atoms with Crippen molar-refractivity contribution in [2.45, 2.75) is 6.54 Å². The summed E-state index contributed by atoms with van der Waals surface area (Å²) < 4.78 is 0. The van der Waals surface area contributed by atoms with Crippen LogP contribution in [0.4, 0.5) is 0 Å². The van der Waals surface area contributed by atoms with Gasteiger partial charge in [-0.15, -0.1) is 0 Å². The first-order valence-electron chi connectivity index (χ1n) is 6.46. The van der Waals surface area contributed by atoms with Crippen LogP contribution in [-0.4, -0.2) is 15.9 Å². The molecule has 21 heavy (non-hydrogen) atoms. The molecule has 0 atom stereocenters. The second-order valence-corrected chi connectivity index (χ2v) is 4.93. The molecule has 3 rings (SSSR count). The fraction of sp³-hybridized carbons (Fsp3) is 0.0625. The van der Waals surface area contributed by atoms with Gasteiger partial charge >= 0.3 is 0 Å². The van der Waals surface area contributed by atoms with E-state index in [0.717, 1.165) is 16.5 Å². The fourth-order valence-electron chi connectivity index (χ4n) is 2.10. The molecule has 1 amide bonds. The van der Waals surface area contributed by atoms with Gasteiger partial charge in [-0.1, -0.05) is 35.9 Å². The van der Waals surface area contributed by atoms with E-state index in [9.17, 15) is 4.79 Å².